The van der Waals surface area contributed by atoms with E-state index in [0.29, 0.717) is 0 Å². The second-order valence-corrected chi connectivity index (χ2v) is 5.03. The number of rotatable bonds is 6. The maximum absolute atomic E-state index is 10.4. The van der Waals surface area contributed by atoms with Gasteiger partial charge < -0.3 is 15.7 Å². The molecule has 116 valence electrons. The van der Waals surface area contributed by atoms with Crippen LogP contribution >= 0.6 is 11.8 Å². The molecule has 0 heterocycles. The van der Waals surface area contributed by atoms with Gasteiger partial charge in [0.2, 0.25) is 0 Å². The second-order valence-electron chi connectivity index (χ2n) is 3.80. The number of carboxylic acids is 2. The molecule has 0 saturated heterocycles. The Labute approximate surface area is 172 Å². The van der Waals surface area contributed by atoms with Gasteiger partial charge in [0, 0.05) is 0 Å². The van der Waals surface area contributed by atoms with E-state index in [9.17, 15) is 9.59 Å². The van der Waals surface area contributed by atoms with E-state index in [1.165, 1.54) is 42.5 Å². The van der Waals surface area contributed by atoms with Crippen LogP contribution in [0.1, 0.15) is 47.4 Å². The van der Waals surface area contributed by atoms with Crippen LogP contribution in [0.5, 0.6) is 0 Å². The van der Waals surface area contributed by atoms with Crippen LogP contribution in [-0.2, 0) is 0 Å². The van der Waals surface area contributed by atoms with E-state index in [4.69, 9.17) is 10.2 Å². The molecule has 0 aromatic heterocycles. The average Bonchev–Trinajstić information content (AvgIpc) is 2.40. The van der Waals surface area contributed by atoms with Crippen molar-refractivity contribution in [1.29, 1.82) is 0 Å². The fourth-order valence-corrected chi connectivity index (χ4v) is 1.96. The second kappa shape index (κ2) is 16.5. The number of benzene rings is 1. The normalized spacial score (nSPS) is 8.48. The standard InChI is InChI=1S/C8H6O4.C6H14S.K.H2O.H/c9-7(10)5-2-1-3-6(4-5)8(11)12;1-3-5-7-6-4-2;;;/h1-4H,(H,9,10)(H,11,12);3-6H2,1-2H3;;1H2;. The molecule has 0 aliphatic carbocycles. The zero-order valence-corrected chi connectivity index (χ0v) is 12.6. The van der Waals surface area contributed by atoms with Crippen molar-refractivity contribution in [3.63, 3.8) is 0 Å². The van der Waals surface area contributed by atoms with E-state index < -0.39 is 11.9 Å². The summed E-state index contributed by atoms with van der Waals surface area (Å²) in [5, 5.41) is 17.0. The Morgan fingerprint density at radius 3 is 1.67 bits per heavy atom. The molecule has 0 amide bonds. The van der Waals surface area contributed by atoms with Crippen molar-refractivity contribution in [1.82, 2.24) is 0 Å². The van der Waals surface area contributed by atoms with Gasteiger partial charge in [-0.2, -0.15) is 11.8 Å². The molecule has 4 N–H and O–H groups in total. The molecule has 0 radical (unpaired) electrons. The molecule has 5 nitrogen and oxygen atoms in total. The van der Waals surface area contributed by atoms with Crippen LogP contribution in [0, 0.1) is 0 Å². The van der Waals surface area contributed by atoms with Gasteiger partial charge in [-0.3, -0.25) is 0 Å². The van der Waals surface area contributed by atoms with Crippen molar-refractivity contribution in [3.05, 3.63) is 35.4 Å². The summed E-state index contributed by atoms with van der Waals surface area (Å²) in [4.78, 5) is 20.8. The van der Waals surface area contributed by atoms with Gasteiger partial charge in [-0.25, -0.2) is 9.59 Å². The maximum atomic E-state index is 10.4. The number of carboxylic acid groups (broad SMARTS) is 2. The molecule has 0 saturated carbocycles. The Morgan fingerprint density at radius 1 is 1.00 bits per heavy atom. The number of hydrogen-bond donors (Lipinski definition) is 2. The molecule has 0 unspecified atom stereocenters. The zero-order valence-electron chi connectivity index (χ0n) is 11.8. The van der Waals surface area contributed by atoms with Crippen LogP contribution in [0.3, 0.4) is 0 Å². The SMILES string of the molecule is CCCSCCC.O.O=C(O)c1cccc(C(=O)O)c1.[KH]. The summed E-state index contributed by atoms with van der Waals surface area (Å²) in [6, 6.07) is 5.20. The first-order valence-corrected chi connectivity index (χ1v) is 7.32. The summed E-state index contributed by atoms with van der Waals surface area (Å²) >= 11 is 2.05. The third-order valence-electron chi connectivity index (χ3n) is 2.05. The molecule has 1 aromatic carbocycles. The molecule has 0 spiro atoms. The number of carbonyl (C=O) groups is 2. The Hall–Kier alpha value is 0.106. The number of thioether (sulfide) groups is 1. The van der Waals surface area contributed by atoms with Gasteiger partial charge >= 0.3 is 63.3 Å². The quantitative estimate of drug-likeness (QED) is 0.608. The summed E-state index contributed by atoms with van der Waals surface area (Å²) < 4.78 is 0. The Bertz CT molecular complexity index is 379. The number of hydrogen-bond acceptors (Lipinski definition) is 3. The Kier molecular flexibility index (Phi) is 20.4. The van der Waals surface area contributed by atoms with Gasteiger partial charge in [-0.05, 0) is 42.5 Å². The van der Waals surface area contributed by atoms with E-state index >= 15 is 0 Å². The summed E-state index contributed by atoms with van der Waals surface area (Å²) in [6.07, 6.45) is 2.65. The van der Waals surface area contributed by atoms with Crippen molar-refractivity contribution < 1.29 is 25.3 Å². The van der Waals surface area contributed by atoms with Gasteiger partial charge in [0.1, 0.15) is 0 Å². The third-order valence-corrected chi connectivity index (χ3v) is 3.45. The zero-order chi connectivity index (χ0) is 14.7. The van der Waals surface area contributed by atoms with Crippen molar-refractivity contribution >= 4 is 75.1 Å². The van der Waals surface area contributed by atoms with Crippen LogP contribution < -0.4 is 0 Å². The Morgan fingerprint density at radius 2 is 1.38 bits per heavy atom. The van der Waals surface area contributed by atoms with Gasteiger partial charge in [0.05, 0.1) is 11.1 Å². The Balaban J connectivity index is -0.000000317. The summed E-state index contributed by atoms with van der Waals surface area (Å²) in [5.74, 6) is 0.429. The predicted octanol–water partition coefficient (Wildman–Crippen LogP) is 2.15. The monoisotopic (exact) mass is 342 g/mol. The summed E-state index contributed by atoms with van der Waals surface area (Å²) in [5.41, 5.74) is -0.0372. The molecule has 21 heavy (non-hydrogen) atoms. The molecule has 0 fully saturated rings. The van der Waals surface area contributed by atoms with Gasteiger partial charge in [-0.15, -0.1) is 0 Å². The first-order chi connectivity index (χ1) is 9.02. The molecule has 0 aliphatic heterocycles. The molecule has 0 atom stereocenters. The van der Waals surface area contributed by atoms with E-state index in [2.05, 4.69) is 25.6 Å². The summed E-state index contributed by atoms with van der Waals surface area (Å²) in [7, 11) is 0. The molecule has 1 aromatic rings. The predicted molar refractivity (Wildman–Crippen MR) is 89.0 cm³/mol. The van der Waals surface area contributed by atoms with E-state index in [0.717, 1.165) is 6.07 Å². The van der Waals surface area contributed by atoms with Crippen molar-refractivity contribution in [2.75, 3.05) is 11.5 Å². The van der Waals surface area contributed by atoms with Crippen molar-refractivity contribution in [2.45, 2.75) is 26.7 Å². The van der Waals surface area contributed by atoms with Crippen molar-refractivity contribution in [2.24, 2.45) is 0 Å². The molecule has 0 aliphatic rings. The van der Waals surface area contributed by atoms with Crippen molar-refractivity contribution in [3.8, 4) is 0 Å². The van der Waals surface area contributed by atoms with Crippen LogP contribution in [0.15, 0.2) is 24.3 Å². The van der Waals surface area contributed by atoms with E-state index in [1.54, 1.807) is 0 Å². The van der Waals surface area contributed by atoms with Gasteiger partial charge in [0.15, 0.2) is 0 Å². The third kappa shape index (κ3) is 13.5. The minimum atomic E-state index is -1.13. The van der Waals surface area contributed by atoms with Crippen LogP contribution in [0.4, 0.5) is 0 Å². The number of aromatic carboxylic acids is 2. The molecule has 1 rings (SSSR count). The van der Waals surface area contributed by atoms with Crippen LogP contribution in [0.2, 0.25) is 0 Å². The van der Waals surface area contributed by atoms with Gasteiger partial charge in [-0.1, -0.05) is 19.9 Å². The van der Waals surface area contributed by atoms with Crippen LogP contribution in [-0.4, -0.2) is 90.5 Å². The molecule has 0 bridgehead atoms. The average molecular weight is 342 g/mol. The molecular formula is C14H23KO5S. The van der Waals surface area contributed by atoms with E-state index in [1.807, 2.05) is 0 Å². The minimum absolute atomic E-state index is 0. The summed E-state index contributed by atoms with van der Waals surface area (Å²) in [6.45, 7) is 4.45. The van der Waals surface area contributed by atoms with E-state index in [-0.39, 0.29) is 68.0 Å². The van der Waals surface area contributed by atoms with Crippen LogP contribution in [0.25, 0.3) is 0 Å². The first kappa shape index (κ1) is 26.0. The first-order valence-electron chi connectivity index (χ1n) is 6.17. The topological polar surface area (TPSA) is 106 Å². The fraction of sp³-hybridized carbons (Fsp3) is 0.429. The molecule has 7 heteroatoms. The van der Waals surface area contributed by atoms with Gasteiger partial charge in [0.25, 0.3) is 0 Å². The fourth-order valence-electron chi connectivity index (χ4n) is 1.18. The molecular weight excluding hydrogens is 319 g/mol.